The number of nitrogens with two attached hydrogens (primary N) is 1. The van der Waals surface area contributed by atoms with Crippen LogP contribution in [0.3, 0.4) is 0 Å². The van der Waals surface area contributed by atoms with Crippen LogP contribution in [-0.4, -0.2) is 24.5 Å². The Kier molecular flexibility index (Phi) is 5.32. The van der Waals surface area contributed by atoms with E-state index < -0.39 is 0 Å². The zero-order valence-corrected chi connectivity index (χ0v) is 12.3. The first kappa shape index (κ1) is 15.2. The molecule has 0 fully saturated rings. The molecule has 1 aromatic rings. The normalized spacial score (nSPS) is 16.6. The van der Waals surface area contributed by atoms with E-state index in [-0.39, 0.29) is 11.6 Å². The first-order chi connectivity index (χ1) is 8.49. The molecule has 1 rings (SSSR count). The maximum atomic E-state index is 5.80. The van der Waals surface area contributed by atoms with Crippen molar-refractivity contribution in [2.75, 3.05) is 14.1 Å². The van der Waals surface area contributed by atoms with E-state index >= 15 is 0 Å². The quantitative estimate of drug-likeness (QED) is 0.601. The Hall–Kier alpha value is -0.900. The van der Waals surface area contributed by atoms with Crippen molar-refractivity contribution in [2.45, 2.75) is 45.2 Å². The maximum Gasteiger partial charge on any atom is 0.0640 e. The fourth-order valence-corrected chi connectivity index (χ4v) is 2.36. The summed E-state index contributed by atoms with van der Waals surface area (Å²) in [5, 5.41) is 0. The van der Waals surface area contributed by atoms with Crippen LogP contribution in [0.4, 0.5) is 0 Å². The standard InChI is InChI=1S/C15H27N3/c1-6-12-8-10-13(11-9-12)14(17-16)15(3,7-2)18(4)5/h8-11,14,17H,6-7,16H2,1-5H3. The number of aryl methyl sites for hydroxylation is 1. The van der Waals surface area contributed by atoms with Gasteiger partial charge in [0.1, 0.15) is 0 Å². The summed E-state index contributed by atoms with van der Waals surface area (Å²) in [5.74, 6) is 5.80. The lowest BCUT2D eigenvalue weighted by Crippen LogP contribution is -2.52. The van der Waals surface area contributed by atoms with Gasteiger partial charge in [-0.1, -0.05) is 38.1 Å². The van der Waals surface area contributed by atoms with Crippen LogP contribution in [-0.2, 0) is 6.42 Å². The molecule has 0 heterocycles. The largest absolute Gasteiger partial charge is 0.302 e. The van der Waals surface area contributed by atoms with Crippen molar-refractivity contribution in [1.82, 2.24) is 10.3 Å². The van der Waals surface area contributed by atoms with Crippen molar-refractivity contribution >= 4 is 0 Å². The molecule has 0 aromatic heterocycles. The number of rotatable bonds is 6. The summed E-state index contributed by atoms with van der Waals surface area (Å²) in [6.07, 6.45) is 2.10. The molecule has 18 heavy (non-hydrogen) atoms. The average Bonchev–Trinajstić information content (AvgIpc) is 2.39. The first-order valence-electron chi connectivity index (χ1n) is 6.72. The third kappa shape index (κ3) is 2.91. The van der Waals surface area contributed by atoms with E-state index in [1.165, 1.54) is 11.1 Å². The number of hydrogen-bond acceptors (Lipinski definition) is 3. The second kappa shape index (κ2) is 6.32. The molecule has 102 valence electrons. The van der Waals surface area contributed by atoms with Gasteiger partial charge in [0, 0.05) is 5.54 Å². The topological polar surface area (TPSA) is 41.3 Å². The molecule has 3 heteroatoms. The second-order valence-corrected chi connectivity index (χ2v) is 5.30. The number of nitrogens with one attached hydrogen (secondary N) is 1. The Morgan fingerprint density at radius 2 is 1.78 bits per heavy atom. The van der Waals surface area contributed by atoms with Crippen molar-refractivity contribution < 1.29 is 0 Å². The summed E-state index contributed by atoms with van der Waals surface area (Å²) in [6, 6.07) is 8.86. The molecule has 0 aliphatic heterocycles. The monoisotopic (exact) mass is 249 g/mol. The first-order valence-corrected chi connectivity index (χ1v) is 6.72. The lowest BCUT2D eigenvalue weighted by Gasteiger charge is -2.42. The van der Waals surface area contributed by atoms with Crippen molar-refractivity contribution in [2.24, 2.45) is 5.84 Å². The van der Waals surface area contributed by atoms with Crippen LogP contribution in [0.2, 0.25) is 0 Å². The number of benzene rings is 1. The molecule has 0 aliphatic carbocycles. The Morgan fingerprint density at radius 3 is 2.11 bits per heavy atom. The molecule has 0 saturated heterocycles. The molecule has 0 aliphatic rings. The molecular weight excluding hydrogens is 222 g/mol. The molecule has 0 bridgehead atoms. The van der Waals surface area contributed by atoms with Crippen LogP contribution < -0.4 is 11.3 Å². The minimum absolute atomic E-state index is 0.00246. The molecule has 3 nitrogen and oxygen atoms in total. The van der Waals surface area contributed by atoms with Crippen LogP contribution in [0.25, 0.3) is 0 Å². The van der Waals surface area contributed by atoms with E-state index in [1.807, 2.05) is 0 Å². The van der Waals surface area contributed by atoms with E-state index in [0.29, 0.717) is 0 Å². The summed E-state index contributed by atoms with van der Waals surface area (Å²) in [4.78, 5) is 2.24. The van der Waals surface area contributed by atoms with E-state index in [1.54, 1.807) is 0 Å². The van der Waals surface area contributed by atoms with Gasteiger partial charge in [-0.25, -0.2) is 0 Å². The average molecular weight is 249 g/mol. The molecular formula is C15H27N3. The molecule has 3 N–H and O–H groups in total. The number of hydrogen-bond donors (Lipinski definition) is 2. The Labute approximate surface area is 111 Å². The predicted molar refractivity (Wildman–Crippen MR) is 78.3 cm³/mol. The zero-order chi connectivity index (χ0) is 13.8. The van der Waals surface area contributed by atoms with E-state index in [9.17, 15) is 0 Å². The highest BCUT2D eigenvalue weighted by Crippen LogP contribution is 2.32. The number of nitrogens with zero attached hydrogens (tertiary/aromatic N) is 1. The van der Waals surface area contributed by atoms with Gasteiger partial charge in [-0.3, -0.25) is 11.3 Å². The number of likely N-dealkylation sites (N-methyl/N-ethyl adjacent to an activating group) is 1. The van der Waals surface area contributed by atoms with Crippen LogP contribution in [0.1, 0.15) is 44.4 Å². The van der Waals surface area contributed by atoms with Gasteiger partial charge >= 0.3 is 0 Å². The second-order valence-electron chi connectivity index (χ2n) is 5.30. The SMILES string of the molecule is CCc1ccc(C(NN)C(C)(CC)N(C)C)cc1. The van der Waals surface area contributed by atoms with Gasteiger partial charge in [-0.05, 0) is 45.0 Å². The third-order valence-corrected chi connectivity index (χ3v) is 4.25. The van der Waals surface area contributed by atoms with E-state index in [0.717, 1.165) is 12.8 Å². The highest BCUT2D eigenvalue weighted by molar-refractivity contribution is 5.27. The van der Waals surface area contributed by atoms with Crippen molar-refractivity contribution in [1.29, 1.82) is 0 Å². The summed E-state index contributed by atoms with van der Waals surface area (Å²) in [5.41, 5.74) is 5.59. The molecule has 2 unspecified atom stereocenters. The lowest BCUT2D eigenvalue weighted by molar-refractivity contribution is 0.113. The Balaban J connectivity index is 3.07. The van der Waals surface area contributed by atoms with Crippen LogP contribution in [0.5, 0.6) is 0 Å². The molecule has 0 spiro atoms. The smallest absolute Gasteiger partial charge is 0.0640 e. The summed E-state index contributed by atoms with van der Waals surface area (Å²) < 4.78 is 0. The van der Waals surface area contributed by atoms with Crippen LogP contribution >= 0.6 is 0 Å². The van der Waals surface area contributed by atoms with Gasteiger partial charge in [0.05, 0.1) is 6.04 Å². The maximum absolute atomic E-state index is 5.80. The summed E-state index contributed by atoms with van der Waals surface area (Å²) >= 11 is 0. The highest BCUT2D eigenvalue weighted by Gasteiger charge is 2.35. The Bertz CT molecular complexity index is 359. The van der Waals surface area contributed by atoms with Crippen LogP contribution in [0, 0.1) is 0 Å². The van der Waals surface area contributed by atoms with Gasteiger partial charge in [0.25, 0.3) is 0 Å². The molecule has 0 saturated carbocycles. The molecule has 0 amide bonds. The summed E-state index contributed by atoms with van der Waals surface area (Å²) in [6.45, 7) is 6.61. The van der Waals surface area contributed by atoms with Gasteiger partial charge in [-0.2, -0.15) is 0 Å². The lowest BCUT2D eigenvalue weighted by atomic mass is 9.83. The van der Waals surface area contributed by atoms with E-state index in [2.05, 4.69) is 69.5 Å². The third-order valence-electron chi connectivity index (χ3n) is 4.25. The Morgan fingerprint density at radius 1 is 1.22 bits per heavy atom. The summed E-state index contributed by atoms with van der Waals surface area (Å²) in [7, 11) is 4.21. The fraction of sp³-hybridized carbons (Fsp3) is 0.600. The van der Waals surface area contributed by atoms with Crippen molar-refractivity contribution in [3.8, 4) is 0 Å². The van der Waals surface area contributed by atoms with Crippen molar-refractivity contribution in [3.05, 3.63) is 35.4 Å². The zero-order valence-electron chi connectivity index (χ0n) is 12.3. The molecule has 0 radical (unpaired) electrons. The van der Waals surface area contributed by atoms with Gasteiger partial charge in [0.15, 0.2) is 0 Å². The van der Waals surface area contributed by atoms with Gasteiger partial charge < -0.3 is 4.90 Å². The minimum atomic E-state index is 0.00246. The molecule has 1 aromatic carbocycles. The van der Waals surface area contributed by atoms with Gasteiger partial charge in [-0.15, -0.1) is 0 Å². The fourth-order valence-electron chi connectivity index (χ4n) is 2.36. The van der Waals surface area contributed by atoms with Crippen LogP contribution in [0.15, 0.2) is 24.3 Å². The molecule has 2 atom stereocenters. The highest BCUT2D eigenvalue weighted by atomic mass is 15.3. The van der Waals surface area contributed by atoms with E-state index in [4.69, 9.17) is 5.84 Å². The predicted octanol–water partition coefficient (Wildman–Crippen LogP) is 2.48. The van der Waals surface area contributed by atoms with Gasteiger partial charge in [0.2, 0.25) is 0 Å². The van der Waals surface area contributed by atoms with Crippen molar-refractivity contribution in [3.63, 3.8) is 0 Å². The number of hydrazine groups is 1. The minimum Gasteiger partial charge on any atom is -0.302 e.